The van der Waals surface area contributed by atoms with Crippen LogP contribution in [0.2, 0.25) is 0 Å². The van der Waals surface area contributed by atoms with Crippen LogP contribution in [0.15, 0.2) is 0 Å². The monoisotopic (exact) mass is 160 g/mol. The van der Waals surface area contributed by atoms with Crippen LogP contribution in [0.4, 0.5) is 0 Å². The molecular weight excluding hydrogens is 148 g/mol. The third-order valence-electron chi connectivity index (χ3n) is 1.78. The summed E-state index contributed by atoms with van der Waals surface area (Å²) in [6.07, 6.45) is 2.47. The molecule has 1 atom stereocenters. The molecule has 1 saturated carbocycles. The zero-order valence-corrected chi connectivity index (χ0v) is 6.28. The Labute approximate surface area is 64.5 Å². The van der Waals surface area contributed by atoms with Crippen molar-refractivity contribution in [2.45, 2.75) is 31.7 Å². The highest BCUT2D eigenvalue weighted by Crippen LogP contribution is 2.16. The van der Waals surface area contributed by atoms with Crippen LogP contribution >= 0.6 is 0 Å². The molecule has 64 valence electrons. The molecule has 0 radical (unpaired) electrons. The largest absolute Gasteiger partial charge is 0.344 e. The van der Waals surface area contributed by atoms with Gasteiger partial charge >= 0.3 is 0 Å². The second kappa shape index (κ2) is 4.02. The highest BCUT2D eigenvalue weighted by atomic mass is 16.6. The van der Waals surface area contributed by atoms with Gasteiger partial charge in [0, 0.05) is 17.8 Å². The first-order chi connectivity index (χ1) is 4.72. The molecule has 0 aromatic heterocycles. The van der Waals surface area contributed by atoms with Crippen LogP contribution in [0.3, 0.4) is 0 Å². The summed E-state index contributed by atoms with van der Waals surface area (Å²) in [6.45, 7) is 0. The summed E-state index contributed by atoms with van der Waals surface area (Å²) < 4.78 is 0. The van der Waals surface area contributed by atoms with Gasteiger partial charge in [-0.05, 0) is 12.8 Å². The second-order valence-electron chi connectivity index (χ2n) is 2.51. The molecule has 5 nitrogen and oxygen atoms in total. The number of Topliss-reactive ketones (excluding diaryl/α,β-unsaturated/α-hetero) is 1. The number of nitrogens with zero attached hydrogens (tertiary/aromatic N) is 1. The minimum Gasteiger partial charge on any atom is -0.344 e. The van der Waals surface area contributed by atoms with Gasteiger partial charge in [0.15, 0.2) is 0 Å². The summed E-state index contributed by atoms with van der Waals surface area (Å²) in [5.74, 6) is -0.198. The van der Waals surface area contributed by atoms with Crippen LogP contribution in [0, 0.1) is 10.1 Å². The lowest BCUT2D eigenvalue weighted by atomic mass is 9.95. The summed E-state index contributed by atoms with van der Waals surface area (Å²) in [4.78, 5) is 20.5. The Kier molecular flexibility index (Phi) is 3.67. The molecule has 0 spiro atoms. The zero-order valence-electron chi connectivity index (χ0n) is 6.28. The fraction of sp³-hybridized carbons (Fsp3) is 0.833. The maximum atomic E-state index is 10.8. The van der Waals surface area contributed by atoms with Gasteiger partial charge in [0.2, 0.25) is 5.78 Å². The van der Waals surface area contributed by atoms with Crippen molar-refractivity contribution < 1.29 is 9.72 Å². The van der Waals surface area contributed by atoms with E-state index in [1.807, 2.05) is 0 Å². The predicted octanol–water partition coefficient (Wildman–Crippen LogP) is 0.937. The predicted molar refractivity (Wildman–Crippen MR) is 39.3 cm³/mol. The third-order valence-corrected chi connectivity index (χ3v) is 1.78. The lowest BCUT2D eigenvalue weighted by Crippen LogP contribution is -2.32. The van der Waals surface area contributed by atoms with Gasteiger partial charge in [0.25, 0.3) is 6.04 Å². The van der Waals surface area contributed by atoms with E-state index in [-0.39, 0.29) is 11.9 Å². The zero-order chi connectivity index (χ0) is 7.56. The van der Waals surface area contributed by atoms with E-state index in [0.29, 0.717) is 12.8 Å². The Morgan fingerprint density at radius 2 is 2.09 bits per heavy atom. The quantitative estimate of drug-likeness (QED) is 0.456. The summed E-state index contributed by atoms with van der Waals surface area (Å²) in [5.41, 5.74) is 0. The number of ketones is 1. The highest BCUT2D eigenvalue weighted by molar-refractivity contribution is 5.83. The molecule has 1 fully saturated rings. The number of hydrogen-bond donors (Lipinski definition) is 1. The maximum absolute atomic E-state index is 10.8. The van der Waals surface area contributed by atoms with Gasteiger partial charge in [-0.25, -0.2) is 0 Å². The van der Waals surface area contributed by atoms with Crippen molar-refractivity contribution in [3.05, 3.63) is 10.1 Å². The van der Waals surface area contributed by atoms with E-state index in [0.717, 1.165) is 12.8 Å². The summed E-state index contributed by atoms with van der Waals surface area (Å²) in [6, 6.07) is -0.895. The lowest BCUT2D eigenvalue weighted by Gasteiger charge is -2.12. The molecule has 0 saturated heterocycles. The highest BCUT2D eigenvalue weighted by Gasteiger charge is 2.31. The fourth-order valence-corrected chi connectivity index (χ4v) is 1.19. The van der Waals surface area contributed by atoms with Crippen LogP contribution in [-0.4, -0.2) is 16.7 Å². The topological polar surface area (TPSA) is 95.2 Å². The first kappa shape index (κ1) is 10.0. The molecule has 1 unspecified atom stereocenters. The van der Waals surface area contributed by atoms with E-state index >= 15 is 0 Å². The molecule has 3 N–H and O–H groups in total. The van der Waals surface area contributed by atoms with Crippen molar-refractivity contribution in [1.82, 2.24) is 6.15 Å². The molecule has 0 aromatic rings. The SMILES string of the molecule is N.O=C1CCCCC1[N+](=O)[O-]. The van der Waals surface area contributed by atoms with Crippen molar-refractivity contribution in [2.24, 2.45) is 0 Å². The Morgan fingerprint density at radius 1 is 1.45 bits per heavy atom. The van der Waals surface area contributed by atoms with Crippen molar-refractivity contribution >= 4 is 5.78 Å². The summed E-state index contributed by atoms with van der Waals surface area (Å²) >= 11 is 0. The van der Waals surface area contributed by atoms with Crippen LogP contribution in [-0.2, 0) is 4.79 Å². The van der Waals surface area contributed by atoms with E-state index in [1.54, 1.807) is 0 Å². The smallest absolute Gasteiger partial charge is 0.270 e. The molecule has 0 bridgehead atoms. The summed E-state index contributed by atoms with van der Waals surface area (Å²) in [5, 5.41) is 10.1. The van der Waals surface area contributed by atoms with Gasteiger partial charge in [-0.3, -0.25) is 14.9 Å². The van der Waals surface area contributed by atoms with Crippen LogP contribution < -0.4 is 6.15 Å². The first-order valence-electron chi connectivity index (χ1n) is 3.38. The van der Waals surface area contributed by atoms with Crippen molar-refractivity contribution in [2.75, 3.05) is 0 Å². The van der Waals surface area contributed by atoms with E-state index in [1.165, 1.54) is 0 Å². The van der Waals surface area contributed by atoms with Gasteiger partial charge < -0.3 is 6.15 Å². The standard InChI is InChI=1S/C6H9NO3.H3N/c8-6-4-2-1-3-5(6)7(9)10;/h5H,1-4H2;1H3. The first-order valence-corrected chi connectivity index (χ1v) is 3.38. The minimum absolute atomic E-state index is 0. The van der Waals surface area contributed by atoms with E-state index in [9.17, 15) is 14.9 Å². The van der Waals surface area contributed by atoms with Crippen molar-refractivity contribution in [1.29, 1.82) is 0 Å². The van der Waals surface area contributed by atoms with Gasteiger partial charge in [-0.1, -0.05) is 0 Å². The molecule has 0 aliphatic heterocycles. The van der Waals surface area contributed by atoms with Crippen molar-refractivity contribution in [3.8, 4) is 0 Å². The van der Waals surface area contributed by atoms with Crippen LogP contribution in [0.5, 0.6) is 0 Å². The third kappa shape index (κ3) is 2.27. The van der Waals surface area contributed by atoms with E-state index < -0.39 is 11.0 Å². The second-order valence-corrected chi connectivity index (χ2v) is 2.51. The number of hydrogen-bond acceptors (Lipinski definition) is 4. The maximum Gasteiger partial charge on any atom is 0.270 e. The lowest BCUT2D eigenvalue weighted by molar-refractivity contribution is -0.509. The summed E-state index contributed by atoms with van der Waals surface area (Å²) in [7, 11) is 0. The molecule has 0 heterocycles. The molecule has 11 heavy (non-hydrogen) atoms. The van der Waals surface area contributed by atoms with Gasteiger partial charge in [-0.2, -0.15) is 0 Å². The van der Waals surface area contributed by atoms with Crippen molar-refractivity contribution in [3.63, 3.8) is 0 Å². The average molecular weight is 160 g/mol. The Bertz CT molecular complexity index is 169. The Balaban J connectivity index is 0.000001000. The molecule has 0 amide bonds. The number of carbonyl (C=O) groups excluding carboxylic acids is 1. The number of rotatable bonds is 1. The fourth-order valence-electron chi connectivity index (χ4n) is 1.19. The Morgan fingerprint density at radius 3 is 2.45 bits per heavy atom. The van der Waals surface area contributed by atoms with Gasteiger partial charge in [-0.15, -0.1) is 0 Å². The van der Waals surface area contributed by atoms with E-state index in [4.69, 9.17) is 0 Å². The average Bonchev–Trinajstić information content (AvgIpc) is 1.88. The van der Waals surface area contributed by atoms with Gasteiger partial charge in [0.1, 0.15) is 0 Å². The number of carbonyl (C=O) groups is 1. The van der Waals surface area contributed by atoms with E-state index in [2.05, 4.69) is 0 Å². The molecule has 1 aliphatic carbocycles. The normalized spacial score (nSPS) is 24.0. The molecule has 5 heteroatoms. The van der Waals surface area contributed by atoms with Crippen LogP contribution in [0.25, 0.3) is 0 Å². The molecule has 1 rings (SSSR count). The van der Waals surface area contributed by atoms with Crippen LogP contribution in [0.1, 0.15) is 25.7 Å². The molecule has 0 aromatic carbocycles. The minimum atomic E-state index is -0.895. The van der Waals surface area contributed by atoms with Gasteiger partial charge in [0.05, 0.1) is 0 Å². The number of nitro groups is 1. The molecular formula is C6H12N2O3. The molecule has 1 aliphatic rings. The Hall–Kier alpha value is -0.970.